The molecule has 8 heteroatoms. The largest absolute Gasteiger partial charge is 0.383 e. The van der Waals surface area contributed by atoms with E-state index in [1.807, 2.05) is 0 Å². The highest BCUT2D eigenvalue weighted by atomic mass is 35.5. The van der Waals surface area contributed by atoms with Gasteiger partial charge in [0.05, 0.1) is 20.3 Å². The predicted octanol–water partition coefficient (Wildman–Crippen LogP) is 3.27. The van der Waals surface area contributed by atoms with Crippen molar-refractivity contribution in [2.45, 2.75) is 11.0 Å². The molecule has 0 saturated carbocycles. The molecule has 120 valence electrons. The van der Waals surface area contributed by atoms with Crippen LogP contribution in [0, 0.1) is 10.1 Å². The van der Waals surface area contributed by atoms with Gasteiger partial charge in [-0.25, -0.2) is 8.42 Å². The Morgan fingerprint density at radius 3 is 2.39 bits per heavy atom. The molecule has 2 rings (SSSR count). The molecule has 2 aromatic carbocycles. The monoisotopic (exact) mass is 353 g/mol. The average molecular weight is 354 g/mol. The lowest BCUT2D eigenvalue weighted by Crippen LogP contribution is -2.13. The van der Waals surface area contributed by atoms with Gasteiger partial charge in [0.15, 0.2) is 0 Å². The van der Waals surface area contributed by atoms with Crippen molar-refractivity contribution in [2.75, 3.05) is 0 Å². The molecule has 0 spiro atoms. The number of halogens is 1. The maximum Gasteiger partial charge on any atom is 0.275 e. The molecule has 1 N–H and O–H groups in total. The zero-order chi connectivity index (χ0) is 17.2. The number of nitro benzene ring substituents is 1. The molecule has 1 unspecified atom stereocenters. The number of nitrogens with zero attached hydrogens (tertiary/aromatic N) is 1. The van der Waals surface area contributed by atoms with E-state index in [1.54, 1.807) is 6.07 Å². The molecule has 0 bridgehead atoms. The van der Waals surface area contributed by atoms with Gasteiger partial charge in [0, 0.05) is 11.1 Å². The van der Waals surface area contributed by atoms with E-state index in [2.05, 4.69) is 6.58 Å². The molecule has 0 aliphatic rings. The maximum atomic E-state index is 12.5. The van der Waals surface area contributed by atoms with Crippen LogP contribution in [-0.2, 0) is 9.84 Å². The first-order chi connectivity index (χ1) is 10.7. The molecule has 2 aromatic rings. The number of sulfone groups is 1. The van der Waals surface area contributed by atoms with E-state index in [0.29, 0.717) is 0 Å². The van der Waals surface area contributed by atoms with Crippen LogP contribution in [0.4, 0.5) is 5.69 Å². The number of aliphatic hydroxyl groups excluding tert-OH is 1. The fourth-order valence-electron chi connectivity index (χ4n) is 1.98. The van der Waals surface area contributed by atoms with Crippen molar-refractivity contribution in [3.8, 4) is 0 Å². The van der Waals surface area contributed by atoms with Gasteiger partial charge in [-0.3, -0.25) is 10.1 Å². The summed E-state index contributed by atoms with van der Waals surface area (Å²) in [5, 5.41) is 21.5. The van der Waals surface area contributed by atoms with Crippen LogP contribution in [0.5, 0.6) is 0 Å². The minimum atomic E-state index is -4.05. The number of nitro groups is 1. The molecular weight excluding hydrogens is 342 g/mol. The first kappa shape index (κ1) is 17.1. The van der Waals surface area contributed by atoms with E-state index < -0.39 is 31.5 Å². The van der Waals surface area contributed by atoms with E-state index in [9.17, 15) is 23.6 Å². The Bertz CT molecular complexity index is 865. The Balaban J connectivity index is 2.49. The standard InChI is InChI=1S/C15H12ClNO5S/c1-10(23(21,22)12-5-3-2-4-6-12)15(18)13-9-11(16)7-8-14(13)17(19)20/h2-9,15,18H,1H2. The number of hydrogen-bond acceptors (Lipinski definition) is 5. The summed E-state index contributed by atoms with van der Waals surface area (Å²) in [4.78, 5) is 9.70. The summed E-state index contributed by atoms with van der Waals surface area (Å²) in [5.74, 6) is 0. The van der Waals surface area contributed by atoms with Crippen LogP contribution < -0.4 is 0 Å². The van der Waals surface area contributed by atoms with Crippen molar-refractivity contribution < 1.29 is 18.4 Å². The van der Waals surface area contributed by atoms with Crippen molar-refractivity contribution in [3.05, 3.63) is 80.7 Å². The van der Waals surface area contributed by atoms with E-state index in [-0.39, 0.29) is 15.5 Å². The van der Waals surface area contributed by atoms with Gasteiger partial charge in [-0.2, -0.15) is 0 Å². The second-order valence-corrected chi connectivity index (χ2v) is 7.08. The molecule has 0 fully saturated rings. The lowest BCUT2D eigenvalue weighted by atomic mass is 10.1. The van der Waals surface area contributed by atoms with Gasteiger partial charge in [-0.05, 0) is 24.3 Å². The number of rotatable bonds is 5. The highest BCUT2D eigenvalue weighted by Gasteiger charge is 2.30. The zero-order valence-corrected chi connectivity index (χ0v) is 13.3. The van der Waals surface area contributed by atoms with Gasteiger partial charge >= 0.3 is 0 Å². The Labute approximate surface area is 137 Å². The van der Waals surface area contributed by atoms with Gasteiger partial charge in [-0.15, -0.1) is 0 Å². The summed E-state index contributed by atoms with van der Waals surface area (Å²) in [5.41, 5.74) is -0.668. The summed E-state index contributed by atoms with van der Waals surface area (Å²) in [6.07, 6.45) is -1.78. The highest BCUT2D eigenvalue weighted by molar-refractivity contribution is 7.95. The van der Waals surface area contributed by atoms with Crippen LogP contribution in [0.15, 0.2) is 64.9 Å². The molecule has 0 aromatic heterocycles. The van der Waals surface area contributed by atoms with Crippen LogP contribution in [0.3, 0.4) is 0 Å². The van der Waals surface area contributed by atoms with Gasteiger partial charge in [0.2, 0.25) is 9.84 Å². The SMILES string of the molecule is C=C(C(O)c1cc(Cl)ccc1[N+](=O)[O-])S(=O)(=O)c1ccccc1. The van der Waals surface area contributed by atoms with Crippen molar-refractivity contribution >= 4 is 27.1 Å². The zero-order valence-electron chi connectivity index (χ0n) is 11.7. The van der Waals surface area contributed by atoms with Gasteiger partial charge in [0.25, 0.3) is 5.69 Å². The molecule has 6 nitrogen and oxygen atoms in total. The Morgan fingerprint density at radius 1 is 1.22 bits per heavy atom. The average Bonchev–Trinajstić information content (AvgIpc) is 2.53. The molecule has 0 aliphatic heterocycles. The Kier molecular flexibility index (Phi) is 4.84. The Morgan fingerprint density at radius 2 is 1.83 bits per heavy atom. The number of aliphatic hydroxyl groups is 1. The predicted molar refractivity (Wildman–Crippen MR) is 85.8 cm³/mol. The third-order valence-electron chi connectivity index (χ3n) is 3.18. The summed E-state index contributed by atoms with van der Waals surface area (Å²) >= 11 is 5.79. The minimum absolute atomic E-state index is 0.0614. The third kappa shape index (κ3) is 3.42. The van der Waals surface area contributed by atoms with E-state index in [1.165, 1.54) is 30.3 Å². The molecular formula is C15H12ClNO5S. The van der Waals surface area contributed by atoms with Crippen LogP contribution in [-0.4, -0.2) is 18.4 Å². The molecule has 0 radical (unpaired) electrons. The molecule has 1 atom stereocenters. The van der Waals surface area contributed by atoms with Crippen molar-refractivity contribution in [1.29, 1.82) is 0 Å². The van der Waals surface area contributed by atoms with E-state index in [4.69, 9.17) is 11.6 Å². The lowest BCUT2D eigenvalue weighted by molar-refractivity contribution is -0.386. The highest BCUT2D eigenvalue weighted by Crippen LogP contribution is 2.35. The second-order valence-electron chi connectivity index (χ2n) is 4.65. The van der Waals surface area contributed by atoms with Gasteiger partial charge in [0.1, 0.15) is 6.10 Å². The van der Waals surface area contributed by atoms with E-state index >= 15 is 0 Å². The number of hydrogen-bond donors (Lipinski definition) is 1. The molecule has 0 heterocycles. The summed E-state index contributed by atoms with van der Waals surface area (Å²) in [6, 6.07) is 10.9. The van der Waals surface area contributed by atoms with E-state index in [0.717, 1.165) is 12.1 Å². The molecule has 0 amide bonds. The smallest absolute Gasteiger partial charge is 0.275 e. The third-order valence-corrected chi connectivity index (χ3v) is 5.23. The van der Waals surface area contributed by atoms with Crippen molar-refractivity contribution in [1.82, 2.24) is 0 Å². The van der Waals surface area contributed by atoms with Crippen LogP contribution in [0.1, 0.15) is 11.7 Å². The normalized spacial score (nSPS) is 12.6. The summed E-state index contributed by atoms with van der Waals surface area (Å²) in [7, 11) is -4.05. The lowest BCUT2D eigenvalue weighted by Gasteiger charge is -2.15. The fraction of sp³-hybridized carbons (Fsp3) is 0.0667. The van der Waals surface area contributed by atoms with Crippen LogP contribution in [0.2, 0.25) is 5.02 Å². The van der Waals surface area contributed by atoms with Crippen LogP contribution in [0.25, 0.3) is 0 Å². The fourth-order valence-corrected chi connectivity index (χ4v) is 3.40. The summed E-state index contributed by atoms with van der Waals surface area (Å²) in [6.45, 7) is 3.41. The van der Waals surface area contributed by atoms with Crippen molar-refractivity contribution in [3.63, 3.8) is 0 Å². The summed E-state index contributed by atoms with van der Waals surface area (Å²) < 4.78 is 24.9. The minimum Gasteiger partial charge on any atom is -0.383 e. The first-order valence-electron chi connectivity index (χ1n) is 6.36. The molecule has 0 aliphatic carbocycles. The Hall–Kier alpha value is -2.22. The van der Waals surface area contributed by atoms with Gasteiger partial charge in [-0.1, -0.05) is 36.4 Å². The maximum absolute atomic E-state index is 12.5. The van der Waals surface area contributed by atoms with Crippen molar-refractivity contribution in [2.24, 2.45) is 0 Å². The first-order valence-corrected chi connectivity index (χ1v) is 8.22. The second kappa shape index (κ2) is 6.49. The quantitative estimate of drug-likeness (QED) is 0.657. The van der Waals surface area contributed by atoms with Gasteiger partial charge < -0.3 is 5.11 Å². The number of benzene rings is 2. The van der Waals surface area contributed by atoms with Crippen LogP contribution >= 0.6 is 11.6 Å². The molecule has 23 heavy (non-hydrogen) atoms. The molecule has 0 saturated heterocycles. The topological polar surface area (TPSA) is 97.5 Å².